The molecule has 0 atom stereocenters. The van der Waals surface area contributed by atoms with Gasteiger partial charge in [-0.3, -0.25) is 9.59 Å². The molecule has 0 heterocycles. The van der Waals surface area contributed by atoms with Crippen LogP contribution in [0.5, 0.6) is 0 Å². The summed E-state index contributed by atoms with van der Waals surface area (Å²) < 4.78 is -1.95. The number of hydrogen-bond acceptors (Lipinski definition) is 2. The summed E-state index contributed by atoms with van der Waals surface area (Å²) in [6.07, 6.45) is 0. The van der Waals surface area contributed by atoms with Crippen LogP contribution < -0.4 is 10.6 Å². The molecule has 0 aromatic carbocycles. The molecule has 0 saturated carbocycles. The highest BCUT2D eigenvalue weighted by atomic mass is 35.6. The lowest BCUT2D eigenvalue weighted by Gasteiger charge is -2.10. The van der Waals surface area contributed by atoms with Crippen molar-refractivity contribution in [1.29, 1.82) is 0 Å². The van der Waals surface area contributed by atoms with E-state index < -0.39 is 9.70 Å². The van der Waals surface area contributed by atoms with E-state index in [1.54, 1.807) is 0 Å². The largest absolute Gasteiger partial charge is 0.355 e. The predicted molar refractivity (Wildman–Crippen MR) is 52.0 cm³/mol. The van der Waals surface area contributed by atoms with Gasteiger partial charge in [-0.1, -0.05) is 34.8 Å². The van der Waals surface area contributed by atoms with Crippen molar-refractivity contribution < 1.29 is 9.59 Å². The zero-order valence-electron chi connectivity index (χ0n) is 6.86. The first-order chi connectivity index (χ1) is 5.84. The van der Waals surface area contributed by atoms with Gasteiger partial charge in [-0.05, 0) is 0 Å². The number of amides is 2. The van der Waals surface area contributed by atoms with Crippen LogP contribution in [0.1, 0.15) is 6.92 Å². The molecule has 0 bridgehead atoms. The Labute approximate surface area is 90.9 Å². The molecule has 0 aromatic rings. The molecule has 76 valence electrons. The van der Waals surface area contributed by atoms with Gasteiger partial charge in [0.15, 0.2) is 0 Å². The highest BCUT2D eigenvalue weighted by Crippen LogP contribution is 2.25. The summed E-state index contributed by atoms with van der Waals surface area (Å²) in [6.45, 7) is 1.91. The molecule has 0 unspecified atom stereocenters. The van der Waals surface area contributed by atoms with Crippen LogP contribution in [0.25, 0.3) is 0 Å². The number of hydrogen-bond donors (Lipinski definition) is 2. The normalized spacial score (nSPS) is 10.8. The van der Waals surface area contributed by atoms with Crippen molar-refractivity contribution >= 4 is 46.6 Å². The summed E-state index contributed by atoms with van der Waals surface area (Å²) in [5.74, 6) is -0.883. The fraction of sp³-hybridized carbons (Fsp3) is 0.667. The maximum atomic E-state index is 10.9. The van der Waals surface area contributed by atoms with Crippen molar-refractivity contribution in [3.8, 4) is 0 Å². The summed E-state index contributed by atoms with van der Waals surface area (Å²) >= 11 is 15.8. The molecular weight excluding hydrogens is 238 g/mol. The number of carbonyl (C=O) groups is 2. The Bertz CT molecular complexity index is 203. The summed E-state index contributed by atoms with van der Waals surface area (Å²) in [5, 5.41) is 4.80. The van der Waals surface area contributed by atoms with Gasteiger partial charge >= 0.3 is 0 Å². The number of rotatable bonds is 3. The fourth-order valence-corrected chi connectivity index (χ4v) is 0.715. The molecule has 0 aliphatic carbocycles. The van der Waals surface area contributed by atoms with E-state index in [9.17, 15) is 9.59 Å². The van der Waals surface area contributed by atoms with Crippen LogP contribution in [0.2, 0.25) is 0 Å². The molecule has 0 radical (unpaired) electrons. The maximum absolute atomic E-state index is 10.9. The van der Waals surface area contributed by atoms with E-state index in [1.807, 2.05) is 0 Å². The van der Waals surface area contributed by atoms with E-state index in [0.717, 1.165) is 0 Å². The Balaban J connectivity index is 3.55. The SMILES string of the molecule is CC(=O)NCCNC(=O)C(Cl)(Cl)Cl. The average molecular weight is 248 g/mol. The van der Waals surface area contributed by atoms with E-state index in [0.29, 0.717) is 6.54 Å². The Hall–Kier alpha value is -0.190. The molecule has 2 amide bonds. The van der Waals surface area contributed by atoms with Crippen LogP contribution in [-0.4, -0.2) is 28.7 Å². The molecule has 0 spiro atoms. The van der Waals surface area contributed by atoms with Crippen molar-refractivity contribution in [3.63, 3.8) is 0 Å². The van der Waals surface area contributed by atoms with Gasteiger partial charge in [-0.15, -0.1) is 0 Å². The van der Waals surface area contributed by atoms with Crippen LogP contribution >= 0.6 is 34.8 Å². The number of alkyl halides is 3. The maximum Gasteiger partial charge on any atom is 0.272 e. The minimum Gasteiger partial charge on any atom is -0.355 e. The van der Waals surface area contributed by atoms with Gasteiger partial charge in [-0.2, -0.15) is 0 Å². The van der Waals surface area contributed by atoms with Crippen molar-refractivity contribution in [2.24, 2.45) is 0 Å². The van der Waals surface area contributed by atoms with Gasteiger partial charge in [0, 0.05) is 20.0 Å². The van der Waals surface area contributed by atoms with Gasteiger partial charge in [0.2, 0.25) is 5.91 Å². The van der Waals surface area contributed by atoms with Gasteiger partial charge in [0.25, 0.3) is 9.70 Å². The van der Waals surface area contributed by atoms with Gasteiger partial charge in [0.05, 0.1) is 0 Å². The zero-order chi connectivity index (χ0) is 10.5. The van der Waals surface area contributed by atoms with Crippen LogP contribution in [-0.2, 0) is 9.59 Å². The Kier molecular flexibility index (Phi) is 5.44. The standard InChI is InChI=1S/C6H9Cl3N2O2/c1-4(12)10-2-3-11-5(13)6(7,8)9/h2-3H2,1H3,(H,10,12)(H,11,13). The van der Waals surface area contributed by atoms with Gasteiger partial charge in [-0.25, -0.2) is 0 Å². The first-order valence-electron chi connectivity index (χ1n) is 3.43. The van der Waals surface area contributed by atoms with E-state index in [-0.39, 0.29) is 12.5 Å². The third kappa shape index (κ3) is 6.93. The van der Waals surface area contributed by atoms with Crippen LogP contribution in [0.3, 0.4) is 0 Å². The molecular formula is C6H9Cl3N2O2. The minimum absolute atomic E-state index is 0.178. The molecule has 0 saturated heterocycles. The Morgan fingerprint density at radius 1 is 1.15 bits per heavy atom. The minimum atomic E-state index is -1.95. The topological polar surface area (TPSA) is 58.2 Å². The molecule has 4 nitrogen and oxygen atoms in total. The van der Waals surface area contributed by atoms with Crippen molar-refractivity contribution in [1.82, 2.24) is 10.6 Å². The monoisotopic (exact) mass is 246 g/mol. The third-order valence-electron chi connectivity index (χ3n) is 1.04. The number of halogens is 3. The molecule has 0 aromatic heterocycles. The first-order valence-corrected chi connectivity index (χ1v) is 4.57. The lowest BCUT2D eigenvalue weighted by atomic mass is 10.5. The summed E-state index contributed by atoms with van der Waals surface area (Å²) in [4.78, 5) is 21.3. The number of carbonyl (C=O) groups excluding carboxylic acids is 2. The fourth-order valence-electron chi connectivity index (χ4n) is 0.515. The Morgan fingerprint density at radius 3 is 2.00 bits per heavy atom. The molecule has 0 fully saturated rings. The van der Waals surface area contributed by atoms with Crippen molar-refractivity contribution in [2.75, 3.05) is 13.1 Å². The van der Waals surface area contributed by atoms with E-state index in [1.165, 1.54) is 6.92 Å². The highest BCUT2D eigenvalue weighted by molar-refractivity contribution is 6.76. The van der Waals surface area contributed by atoms with Crippen LogP contribution in [0, 0.1) is 0 Å². The summed E-state index contributed by atoms with van der Waals surface area (Å²) in [5.41, 5.74) is 0. The van der Waals surface area contributed by atoms with E-state index >= 15 is 0 Å². The molecule has 0 rings (SSSR count). The molecule has 0 aliphatic rings. The molecule has 0 aliphatic heterocycles. The lowest BCUT2D eigenvalue weighted by Crippen LogP contribution is -2.39. The molecule has 2 N–H and O–H groups in total. The third-order valence-corrected chi connectivity index (χ3v) is 1.56. The second kappa shape index (κ2) is 5.52. The smallest absolute Gasteiger partial charge is 0.272 e. The molecule has 7 heteroatoms. The summed E-state index contributed by atoms with van der Waals surface area (Å²) in [7, 11) is 0. The second-order valence-corrected chi connectivity index (χ2v) is 4.52. The van der Waals surface area contributed by atoms with Crippen LogP contribution in [0.4, 0.5) is 0 Å². The predicted octanol–water partition coefficient (Wildman–Crippen LogP) is 0.609. The zero-order valence-corrected chi connectivity index (χ0v) is 9.13. The van der Waals surface area contributed by atoms with Crippen LogP contribution in [0.15, 0.2) is 0 Å². The first kappa shape index (κ1) is 12.8. The van der Waals surface area contributed by atoms with E-state index in [2.05, 4.69) is 10.6 Å². The van der Waals surface area contributed by atoms with Gasteiger partial charge in [0.1, 0.15) is 0 Å². The van der Waals surface area contributed by atoms with Crippen molar-refractivity contribution in [2.45, 2.75) is 10.7 Å². The lowest BCUT2D eigenvalue weighted by molar-refractivity contribution is -0.121. The number of nitrogens with one attached hydrogen (secondary N) is 2. The highest BCUT2D eigenvalue weighted by Gasteiger charge is 2.29. The van der Waals surface area contributed by atoms with Gasteiger partial charge < -0.3 is 10.6 Å². The quantitative estimate of drug-likeness (QED) is 0.567. The Morgan fingerprint density at radius 2 is 1.62 bits per heavy atom. The summed E-state index contributed by atoms with van der Waals surface area (Å²) in [6, 6.07) is 0. The average Bonchev–Trinajstić information content (AvgIpc) is 1.95. The second-order valence-electron chi connectivity index (χ2n) is 2.24. The van der Waals surface area contributed by atoms with E-state index in [4.69, 9.17) is 34.8 Å². The molecule has 13 heavy (non-hydrogen) atoms. The van der Waals surface area contributed by atoms with Crippen molar-refractivity contribution in [3.05, 3.63) is 0 Å².